The van der Waals surface area contributed by atoms with E-state index in [1.54, 1.807) is 42.6 Å². The lowest BCUT2D eigenvalue weighted by atomic mass is 10.1. The van der Waals surface area contributed by atoms with Gasteiger partial charge in [-0.25, -0.2) is 4.79 Å². The summed E-state index contributed by atoms with van der Waals surface area (Å²) >= 11 is 3.18. The van der Waals surface area contributed by atoms with Gasteiger partial charge in [0.15, 0.2) is 6.10 Å². The van der Waals surface area contributed by atoms with Crippen LogP contribution in [0.15, 0.2) is 47.4 Å². The molecular weight excluding hydrogens is 547 g/mol. The van der Waals surface area contributed by atoms with Crippen LogP contribution in [0.2, 0.25) is 0 Å². The molecule has 0 radical (unpaired) electrons. The van der Waals surface area contributed by atoms with Crippen molar-refractivity contribution < 1.29 is 14.7 Å². The number of aliphatic hydroxyl groups excluding tert-OH is 1. The van der Waals surface area contributed by atoms with Crippen molar-refractivity contribution in [2.45, 2.75) is 31.9 Å². The number of rotatable bonds is 10. The number of aliphatic hydroxyl groups is 1. The Morgan fingerprint density at radius 2 is 1.91 bits per heavy atom. The summed E-state index contributed by atoms with van der Waals surface area (Å²) in [4.78, 5) is 39.5. The Balaban J connectivity index is 1.44. The fourth-order valence-electron chi connectivity index (χ4n) is 2.77. The second-order valence-corrected chi connectivity index (χ2v) is 8.56. The first-order valence-electron chi connectivity index (χ1n) is 9.76. The SMILES string of the molecule is O=C(CI)Nc1ccn(CCCCc2nnc(NC(=O)[C@@H](O)c3ccccc3)s2)c(=O)n1. The number of nitrogens with zero attached hydrogens (tertiary/aromatic N) is 4. The first-order chi connectivity index (χ1) is 15.5. The van der Waals surface area contributed by atoms with Gasteiger partial charge in [-0.05, 0) is 24.5 Å². The number of nitrogens with one attached hydrogen (secondary N) is 2. The summed E-state index contributed by atoms with van der Waals surface area (Å²) in [6.07, 6.45) is 2.44. The third-order valence-electron chi connectivity index (χ3n) is 4.36. The third kappa shape index (κ3) is 6.90. The van der Waals surface area contributed by atoms with Crippen molar-refractivity contribution in [3.05, 3.63) is 63.7 Å². The highest BCUT2D eigenvalue weighted by molar-refractivity contribution is 14.1. The van der Waals surface area contributed by atoms with Crippen LogP contribution in [0.3, 0.4) is 0 Å². The Morgan fingerprint density at radius 3 is 2.62 bits per heavy atom. The molecule has 10 nitrogen and oxygen atoms in total. The Morgan fingerprint density at radius 1 is 1.12 bits per heavy atom. The van der Waals surface area contributed by atoms with E-state index in [0.29, 0.717) is 23.7 Å². The molecule has 0 aliphatic rings. The normalized spacial score (nSPS) is 11.7. The number of hydrogen-bond donors (Lipinski definition) is 3. The summed E-state index contributed by atoms with van der Waals surface area (Å²) in [5.41, 5.74) is 0.0778. The van der Waals surface area contributed by atoms with Gasteiger partial charge >= 0.3 is 5.69 Å². The molecule has 12 heteroatoms. The van der Waals surface area contributed by atoms with Gasteiger partial charge in [0.05, 0.1) is 4.43 Å². The predicted molar refractivity (Wildman–Crippen MR) is 129 cm³/mol. The third-order valence-corrected chi connectivity index (χ3v) is 5.95. The molecule has 32 heavy (non-hydrogen) atoms. The van der Waals surface area contributed by atoms with Gasteiger partial charge in [0.2, 0.25) is 11.0 Å². The number of anilines is 2. The van der Waals surface area contributed by atoms with Gasteiger partial charge in [0, 0.05) is 19.2 Å². The fourth-order valence-corrected chi connectivity index (χ4v) is 3.74. The monoisotopic (exact) mass is 568 g/mol. The van der Waals surface area contributed by atoms with Crippen LogP contribution in [0.5, 0.6) is 0 Å². The Bertz CT molecular complexity index is 1120. The molecule has 3 N–H and O–H groups in total. The number of aryl methyl sites for hydroxylation is 2. The fraction of sp³-hybridized carbons (Fsp3) is 0.300. The number of halogens is 1. The average Bonchev–Trinajstić information content (AvgIpc) is 3.24. The van der Waals surface area contributed by atoms with E-state index in [1.807, 2.05) is 22.6 Å². The summed E-state index contributed by atoms with van der Waals surface area (Å²) in [6.45, 7) is 0.484. The number of carbonyl (C=O) groups is 2. The van der Waals surface area contributed by atoms with Crippen LogP contribution in [0.4, 0.5) is 10.9 Å². The number of amides is 2. The molecule has 1 atom stereocenters. The molecule has 2 amide bonds. The minimum atomic E-state index is -1.28. The maximum atomic E-state index is 12.2. The summed E-state index contributed by atoms with van der Waals surface area (Å²) in [5, 5.41) is 24.3. The van der Waals surface area contributed by atoms with Crippen molar-refractivity contribution in [1.82, 2.24) is 19.7 Å². The van der Waals surface area contributed by atoms with Crippen LogP contribution in [0.1, 0.15) is 29.5 Å². The van der Waals surface area contributed by atoms with Crippen LogP contribution >= 0.6 is 33.9 Å². The first-order valence-corrected chi connectivity index (χ1v) is 12.1. The molecule has 1 aromatic carbocycles. The standard InChI is InChI=1S/C20H21IN6O4S/c21-12-15(28)22-14-9-11-27(20(31)23-14)10-5-4-8-16-25-26-19(32-16)24-18(30)17(29)13-6-2-1-3-7-13/h1-3,6-7,9,11,17,29H,4-5,8,10,12H2,(H,24,26,30)(H,22,23,28,31)/t17-/m0/s1. The molecule has 2 heterocycles. The number of alkyl halides is 1. The summed E-state index contributed by atoms with van der Waals surface area (Å²) in [5.74, 6) is -0.532. The van der Waals surface area contributed by atoms with E-state index in [0.717, 1.165) is 17.8 Å². The van der Waals surface area contributed by atoms with Gasteiger partial charge in [-0.3, -0.25) is 19.5 Å². The van der Waals surface area contributed by atoms with E-state index in [4.69, 9.17) is 0 Å². The predicted octanol–water partition coefficient (Wildman–Crippen LogP) is 2.16. The molecule has 0 saturated heterocycles. The van der Waals surface area contributed by atoms with Crippen LogP contribution < -0.4 is 16.3 Å². The van der Waals surface area contributed by atoms with E-state index >= 15 is 0 Å². The van der Waals surface area contributed by atoms with Crippen LogP contribution in [0, 0.1) is 0 Å². The minimum absolute atomic E-state index is 0.211. The second kappa shape index (κ2) is 11.8. The lowest BCUT2D eigenvalue weighted by Gasteiger charge is -2.09. The first kappa shape index (κ1) is 23.9. The van der Waals surface area contributed by atoms with Crippen molar-refractivity contribution in [2.75, 3.05) is 15.1 Å². The van der Waals surface area contributed by atoms with E-state index in [1.165, 1.54) is 15.9 Å². The van der Waals surface area contributed by atoms with E-state index in [2.05, 4.69) is 25.8 Å². The van der Waals surface area contributed by atoms with Crippen LogP contribution in [0.25, 0.3) is 0 Å². The van der Waals surface area contributed by atoms with E-state index < -0.39 is 17.7 Å². The smallest absolute Gasteiger partial charge is 0.349 e. The Hall–Kier alpha value is -2.71. The Kier molecular flexibility index (Phi) is 8.81. The molecule has 0 aliphatic carbocycles. The average molecular weight is 568 g/mol. The van der Waals surface area contributed by atoms with Crippen LogP contribution in [-0.2, 0) is 22.6 Å². The molecule has 0 saturated carbocycles. The van der Waals surface area contributed by atoms with Crippen molar-refractivity contribution in [3.8, 4) is 0 Å². The molecule has 0 aliphatic heterocycles. The zero-order valence-electron chi connectivity index (χ0n) is 16.9. The van der Waals surface area contributed by atoms with Crippen molar-refractivity contribution >= 4 is 56.7 Å². The van der Waals surface area contributed by atoms with E-state index in [9.17, 15) is 19.5 Å². The Labute approximate surface area is 201 Å². The topological polar surface area (TPSA) is 139 Å². The summed E-state index contributed by atoms with van der Waals surface area (Å²) in [6, 6.07) is 10.2. The molecule has 0 fully saturated rings. The highest BCUT2D eigenvalue weighted by Crippen LogP contribution is 2.20. The second-order valence-electron chi connectivity index (χ2n) is 6.73. The van der Waals surface area contributed by atoms with Crippen molar-refractivity contribution in [1.29, 1.82) is 0 Å². The molecule has 3 rings (SSSR count). The van der Waals surface area contributed by atoms with Crippen molar-refractivity contribution in [2.24, 2.45) is 0 Å². The molecule has 2 aromatic heterocycles. The van der Waals surface area contributed by atoms with E-state index in [-0.39, 0.29) is 16.2 Å². The number of carbonyl (C=O) groups excluding carboxylic acids is 2. The largest absolute Gasteiger partial charge is 0.378 e. The molecule has 0 bridgehead atoms. The zero-order chi connectivity index (χ0) is 22.9. The lowest BCUT2D eigenvalue weighted by molar-refractivity contribution is -0.124. The molecular formula is C20H21IN6O4S. The number of hydrogen-bond acceptors (Lipinski definition) is 8. The number of aromatic nitrogens is 4. The maximum Gasteiger partial charge on any atom is 0.349 e. The van der Waals surface area contributed by atoms with Gasteiger partial charge in [-0.15, -0.1) is 10.2 Å². The molecule has 0 spiro atoms. The highest BCUT2D eigenvalue weighted by atomic mass is 127. The van der Waals surface area contributed by atoms with Crippen molar-refractivity contribution in [3.63, 3.8) is 0 Å². The molecule has 168 valence electrons. The van der Waals surface area contributed by atoms with Gasteiger partial charge in [0.25, 0.3) is 5.91 Å². The summed E-state index contributed by atoms with van der Waals surface area (Å²) in [7, 11) is 0. The van der Waals surface area contributed by atoms with Gasteiger partial charge in [-0.2, -0.15) is 4.98 Å². The minimum Gasteiger partial charge on any atom is -0.378 e. The van der Waals surface area contributed by atoms with Gasteiger partial charge in [0.1, 0.15) is 10.8 Å². The maximum absolute atomic E-state index is 12.2. The number of unbranched alkanes of at least 4 members (excludes halogenated alkanes) is 1. The van der Waals surface area contributed by atoms with Gasteiger partial charge < -0.3 is 10.4 Å². The molecule has 3 aromatic rings. The van der Waals surface area contributed by atoms with Gasteiger partial charge in [-0.1, -0.05) is 64.3 Å². The number of benzene rings is 1. The highest BCUT2D eigenvalue weighted by Gasteiger charge is 2.18. The quantitative estimate of drug-likeness (QED) is 0.194. The summed E-state index contributed by atoms with van der Waals surface area (Å²) < 4.78 is 1.77. The lowest BCUT2D eigenvalue weighted by Crippen LogP contribution is -2.25. The van der Waals surface area contributed by atoms with Crippen LogP contribution in [-0.4, -0.2) is 41.1 Å². The zero-order valence-corrected chi connectivity index (χ0v) is 19.9. The molecule has 0 unspecified atom stereocenters.